The number of rotatable bonds is 3. The Morgan fingerprint density at radius 3 is 2.53 bits per heavy atom. The van der Waals surface area contributed by atoms with Gasteiger partial charge in [-0.05, 0) is 12.1 Å². The molecule has 0 heterocycles. The lowest BCUT2D eigenvalue weighted by atomic mass is 10.3. The maximum Gasteiger partial charge on any atom is 0.296 e. The third-order valence-electron chi connectivity index (χ3n) is 1.40. The number of nitrogens with zero attached hydrogens (tertiary/aromatic N) is 1. The first-order valence-corrected chi connectivity index (χ1v) is 5.46. The van der Waals surface area contributed by atoms with Crippen LogP contribution in [0.5, 0.6) is 0 Å². The van der Waals surface area contributed by atoms with Gasteiger partial charge in [-0.1, -0.05) is 11.6 Å². The summed E-state index contributed by atoms with van der Waals surface area (Å²) in [5.74, 6) is 0. The minimum Gasteiger partial charge on any atom is -0.271 e. The van der Waals surface area contributed by atoms with Gasteiger partial charge in [0.1, 0.15) is 5.02 Å². The standard InChI is InChI=1S/C6H6ClN3O4S/c7-5-2-1-4(9-15(8,13)14)3-6(5)10(11)12/h1-3,9H,(H2,8,13,14). The maximum absolute atomic E-state index is 10.6. The van der Waals surface area contributed by atoms with Gasteiger partial charge >= 0.3 is 0 Å². The molecule has 1 rings (SSSR count). The van der Waals surface area contributed by atoms with Gasteiger partial charge in [0, 0.05) is 6.07 Å². The molecule has 0 unspecified atom stereocenters. The van der Waals surface area contributed by atoms with E-state index in [1.807, 2.05) is 4.72 Å². The molecule has 7 nitrogen and oxygen atoms in total. The van der Waals surface area contributed by atoms with Crippen LogP contribution in [0.25, 0.3) is 0 Å². The normalized spacial score (nSPS) is 11.1. The van der Waals surface area contributed by atoms with E-state index < -0.39 is 20.8 Å². The summed E-state index contributed by atoms with van der Waals surface area (Å²) in [6, 6.07) is 3.44. The van der Waals surface area contributed by atoms with E-state index in [2.05, 4.69) is 5.14 Å². The van der Waals surface area contributed by atoms with Crippen LogP contribution in [0.3, 0.4) is 0 Å². The summed E-state index contributed by atoms with van der Waals surface area (Å²) in [4.78, 5) is 9.73. The number of halogens is 1. The van der Waals surface area contributed by atoms with Crippen molar-refractivity contribution in [3.8, 4) is 0 Å². The monoisotopic (exact) mass is 251 g/mol. The van der Waals surface area contributed by atoms with Gasteiger partial charge in [-0.15, -0.1) is 0 Å². The fourth-order valence-electron chi connectivity index (χ4n) is 0.880. The molecule has 0 aliphatic heterocycles. The van der Waals surface area contributed by atoms with E-state index >= 15 is 0 Å². The largest absolute Gasteiger partial charge is 0.296 e. The molecule has 82 valence electrons. The molecule has 15 heavy (non-hydrogen) atoms. The van der Waals surface area contributed by atoms with E-state index in [0.29, 0.717) is 0 Å². The summed E-state index contributed by atoms with van der Waals surface area (Å²) >= 11 is 5.51. The van der Waals surface area contributed by atoms with Crippen molar-refractivity contribution in [3.63, 3.8) is 0 Å². The van der Waals surface area contributed by atoms with Crippen LogP contribution in [0.2, 0.25) is 5.02 Å². The Balaban J connectivity index is 3.14. The van der Waals surface area contributed by atoms with Crippen LogP contribution in [0.1, 0.15) is 0 Å². The van der Waals surface area contributed by atoms with Gasteiger partial charge in [-0.3, -0.25) is 14.8 Å². The summed E-state index contributed by atoms with van der Waals surface area (Å²) in [7, 11) is -3.95. The molecular weight excluding hydrogens is 246 g/mol. The number of hydrogen-bond acceptors (Lipinski definition) is 4. The highest BCUT2D eigenvalue weighted by atomic mass is 35.5. The average Bonchev–Trinajstić information content (AvgIpc) is 2.05. The molecule has 0 aliphatic carbocycles. The fraction of sp³-hybridized carbons (Fsp3) is 0. The highest BCUT2D eigenvalue weighted by Crippen LogP contribution is 2.27. The minimum absolute atomic E-state index is 0.0198. The summed E-state index contributed by atoms with van der Waals surface area (Å²) in [5, 5.41) is 15.1. The molecule has 0 spiro atoms. The highest BCUT2D eigenvalue weighted by molar-refractivity contribution is 7.90. The van der Waals surface area contributed by atoms with Crippen molar-refractivity contribution < 1.29 is 13.3 Å². The van der Waals surface area contributed by atoms with Crippen LogP contribution in [-0.4, -0.2) is 13.3 Å². The third kappa shape index (κ3) is 3.35. The van der Waals surface area contributed by atoms with Crippen LogP contribution in [0.15, 0.2) is 18.2 Å². The summed E-state index contributed by atoms with van der Waals surface area (Å²) in [6.45, 7) is 0. The molecule has 0 fully saturated rings. The van der Waals surface area contributed by atoms with Gasteiger partial charge in [0.15, 0.2) is 0 Å². The summed E-state index contributed by atoms with van der Waals surface area (Å²) in [6.07, 6.45) is 0. The number of nitrogens with one attached hydrogen (secondary N) is 1. The molecule has 1 aromatic rings. The van der Waals surface area contributed by atoms with Crippen molar-refractivity contribution in [2.24, 2.45) is 5.14 Å². The molecular formula is C6H6ClN3O4S. The Hall–Kier alpha value is -1.38. The van der Waals surface area contributed by atoms with Crippen molar-refractivity contribution in [1.82, 2.24) is 0 Å². The first-order chi connectivity index (χ1) is 6.79. The van der Waals surface area contributed by atoms with Crippen LogP contribution < -0.4 is 9.86 Å². The molecule has 0 aliphatic rings. The molecule has 3 N–H and O–H groups in total. The first kappa shape index (κ1) is 11.7. The second kappa shape index (κ2) is 4.01. The number of hydrogen-bond donors (Lipinski definition) is 2. The predicted molar refractivity (Wildman–Crippen MR) is 54.8 cm³/mol. The van der Waals surface area contributed by atoms with Gasteiger partial charge < -0.3 is 0 Å². The van der Waals surface area contributed by atoms with E-state index in [0.717, 1.165) is 6.07 Å². The van der Waals surface area contributed by atoms with Crippen LogP contribution in [0.4, 0.5) is 11.4 Å². The van der Waals surface area contributed by atoms with Crippen LogP contribution >= 0.6 is 11.6 Å². The predicted octanol–water partition coefficient (Wildman–Crippen LogP) is 0.864. The minimum atomic E-state index is -3.95. The summed E-state index contributed by atoms with van der Waals surface area (Å²) < 4.78 is 23.2. The van der Waals surface area contributed by atoms with E-state index in [1.54, 1.807) is 0 Å². The van der Waals surface area contributed by atoms with E-state index in [4.69, 9.17) is 11.6 Å². The SMILES string of the molecule is NS(=O)(=O)Nc1ccc(Cl)c([N+](=O)[O-])c1. The molecule has 0 amide bonds. The van der Waals surface area contributed by atoms with E-state index in [1.165, 1.54) is 12.1 Å². The molecule has 0 atom stereocenters. The quantitative estimate of drug-likeness (QED) is 0.612. The molecule has 9 heteroatoms. The lowest BCUT2D eigenvalue weighted by Crippen LogP contribution is -2.21. The molecule has 0 aromatic heterocycles. The second-order valence-electron chi connectivity index (χ2n) is 2.57. The van der Waals surface area contributed by atoms with Crippen LogP contribution in [-0.2, 0) is 10.2 Å². The summed E-state index contributed by atoms with van der Waals surface area (Å²) in [5.41, 5.74) is -0.418. The molecule has 0 saturated heterocycles. The molecule has 0 bridgehead atoms. The van der Waals surface area contributed by atoms with Crippen molar-refractivity contribution in [1.29, 1.82) is 0 Å². The number of nitrogens with two attached hydrogens (primary N) is 1. The number of nitro groups is 1. The highest BCUT2D eigenvalue weighted by Gasteiger charge is 2.14. The van der Waals surface area contributed by atoms with Gasteiger partial charge in [0.05, 0.1) is 10.6 Å². The second-order valence-corrected chi connectivity index (χ2v) is 4.27. The average molecular weight is 252 g/mol. The zero-order chi connectivity index (χ0) is 11.6. The van der Waals surface area contributed by atoms with Gasteiger partial charge in [0.25, 0.3) is 15.9 Å². The van der Waals surface area contributed by atoms with Crippen molar-refractivity contribution >= 4 is 33.2 Å². The first-order valence-electron chi connectivity index (χ1n) is 3.54. The number of anilines is 1. The Labute approximate surface area is 90.2 Å². The molecule has 1 aromatic carbocycles. The van der Waals surface area contributed by atoms with E-state index in [-0.39, 0.29) is 10.7 Å². The Kier molecular flexibility index (Phi) is 3.12. The number of benzene rings is 1. The third-order valence-corrected chi connectivity index (χ3v) is 2.24. The van der Waals surface area contributed by atoms with Crippen molar-refractivity contribution in [3.05, 3.63) is 33.3 Å². The Morgan fingerprint density at radius 2 is 2.07 bits per heavy atom. The van der Waals surface area contributed by atoms with Gasteiger partial charge in [-0.25, -0.2) is 5.14 Å². The van der Waals surface area contributed by atoms with Crippen molar-refractivity contribution in [2.45, 2.75) is 0 Å². The van der Waals surface area contributed by atoms with Gasteiger partial charge in [-0.2, -0.15) is 8.42 Å². The zero-order valence-corrected chi connectivity index (χ0v) is 8.75. The molecule has 0 saturated carbocycles. The Morgan fingerprint density at radius 1 is 1.47 bits per heavy atom. The van der Waals surface area contributed by atoms with E-state index in [9.17, 15) is 18.5 Å². The van der Waals surface area contributed by atoms with Gasteiger partial charge in [0.2, 0.25) is 0 Å². The van der Waals surface area contributed by atoms with Crippen LogP contribution in [0, 0.1) is 10.1 Å². The maximum atomic E-state index is 10.6. The Bertz CT molecular complexity index is 501. The smallest absolute Gasteiger partial charge is 0.271 e. The lowest BCUT2D eigenvalue weighted by molar-refractivity contribution is -0.384. The lowest BCUT2D eigenvalue weighted by Gasteiger charge is -2.03. The fourth-order valence-corrected chi connectivity index (χ4v) is 1.52. The zero-order valence-electron chi connectivity index (χ0n) is 7.18. The number of nitro benzene ring substituents is 1. The molecule has 0 radical (unpaired) electrons. The van der Waals surface area contributed by atoms with Crippen molar-refractivity contribution in [2.75, 3.05) is 4.72 Å². The topological polar surface area (TPSA) is 115 Å².